The number of carbonyl (C=O) groups excluding carboxylic acids is 2. The third kappa shape index (κ3) is 4.00. The number of hydrogen-bond acceptors (Lipinski definition) is 8. The minimum Gasteiger partial charge on any atom is -0.508 e. The van der Waals surface area contributed by atoms with Crippen molar-refractivity contribution in [1.29, 1.82) is 0 Å². The van der Waals surface area contributed by atoms with E-state index in [4.69, 9.17) is 0 Å². The van der Waals surface area contributed by atoms with Crippen LogP contribution in [0.25, 0.3) is 0 Å². The zero-order chi connectivity index (χ0) is 23.1. The topological polar surface area (TPSA) is 136 Å². The van der Waals surface area contributed by atoms with Crippen molar-refractivity contribution in [3.8, 4) is 11.5 Å². The molecule has 3 atom stereocenters. The number of esters is 1. The van der Waals surface area contributed by atoms with Crippen LogP contribution in [0.2, 0.25) is 0 Å². The van der Waals surface area contributed by atoms with Crippen molar-refractivity contribution in [1.82, 2.24) is 0 Å². The van der Waals surface area contributed by atoms with Crippen molar-refractivity contribution >= 4 is 11.8 Å². The van der Waals surface area contributed by atoms with Gasteiger partial charge in [0, 0.05) is 35.8 Å². The summed E-state index contributed by atoms with van der Waals surface area (Å²) in [4.78, 5) is 38.2. The molecule has 3 saturated carbocycles. The van der Waals surface area contributed by atoms with E-state index in [0.29, 0.717) is 18.6 Å². The molecule has 0 radical (unpaired) electrons. The highest BCUT2D eigenvalue weighted by Gasteiger charge is 2.59. The highest BCUT2D eigenvalue weighted by atomic mass is 19.3. The molecule has 170 valence electrons. The van der Waals surface area contributed by atoms with E-state index in [1.807, 2.05) is 13.8 Å². The largest absolute Gasteiger partial charge is 0.508 e. The quantitative estimate of drug-likeness (QED) is 0.271. The molecule has 0 heterocycles. The lowest BCUT2D eigenvalue weighted by molar-refractivity contribution is -0.757. The van der Waals surface area contributed by atoms with Gasteiger partial charge in [-0.1, -0.05) is 13.8 Å². The third-order valence-corrected chi connectivity index (χ3v) is 6.48. The van der Waals surface area contributed by atoms with Crippen LogP contribution in [0.3, 0.4) is 0 Å². The van der Waals surface area contributed by atoms with Crippen LogP contribution < -0.4 is 0 Å². The van der Waals surface area contributed by atoms with Crippen LogP contribution >= 0.6 is 0 Å². The summed E-state index contributed by atoms with van der Waals surface area (Å²) in [6.45, 7) is 2.89. The number of benzene rings is 1. The number of halogens is 2. The molecule has 1 aromatic rings. The van der Waals surface area contributed by atoms with Gasteiger partial charge in [0.2, 0.25) is 0 Å². The van der Waals surface area contributed by atoms with Crippen molar-refractivity contribution in [2.75, 3.05) is 13.2 Å². The first-order chi connectivity index (χ1) is 14.4. The maximum absolute atomic E-state index is 14.5. The summed E-state index contributed by atoms with van der Waals surface area (Å²) in [6, 6.07) is 1.38. The second kappa shape index (κ2) is 7.93. The number of phenols is 2. The summed E-state index contributed by atoms with van der Waals surface area (Å²) in [5.41, 5.74) is -1.26. The van der Waals surface area contributed by atoms with E-state index in [1.54, 1.807) is 0 Å². The van der Waals surface area contributed by atoms with Crippen LogP contribution in [0.4, 0.5) is 8.78 Å². The normalized spacial score (nSPS) is 24.3. The Morgan fingerprint density at radius 1 is 1.29 bits per heavy atom. The predicted molar refractivity (Wildman–Crippen MR) is 99.9 cm³/mol. The lowest BCUT2D eigenvalue weighted by Crippen LogP contribution is -2.56. The maximum atomic E-state index is 14.5. The van der Waals surface area contributed by atoms with E-state index in [-0.39, 0.29) is 41.4 Å². The molecule has 0 saturated heterocycles. The zero-order valence-electron chi connectivity index (χ0n) is 17.0. The van der Waals surface area contributed by atoms with Crippen LogP contribution in [-0.4, -0.2) is 40.3 Å². The molecule has 3 aliphatic carbocycles. The Morgan fingerprint density at radius 2 is 1.90 bits per heavy atom. The second-order valence-electron chi connectivity index (χ2n) is 8.54. The highest BCUT2D eigenvalue weighted by molar-refractivity contribution is 5.86. The number of carbonyl (C=O) groups is 2. The third-order valence-electron chi connectivity index (χ3n) is 6.48. The smallest absolute Gasteiger partial charge is 0.381 e. The Labute approximate surface area is 176 Å². The molecule has 2 N–H and O–H groups in total. The molecule has 31 heavy (non-hydrogen) atoms. The minimum absolute atomic E-state index is 0.00436. The van der Waals surface area contributed by atoms with E-state index in [0.717, 1.165) is 0 Å². The second-order valence-corrected chi connectivity index (χ2v) is 8.54. The first-order valence-corrected chi connectivity index (χ1v) is 9.78. The first-order valence-electron chi connectivity index (χ1n) is 9.78. The van der Waals surface area contributed by atoms with Crippen LogP contribution in [0.5, 0.6) is 11.5 Å². The van der Waals surface area contributed by atoms with E-state index in [2.05, 4.69) is 9.57 Å². The van der Waals surface area contributed by atoms with Gasteiger partial charge in [0.25, 0.3) is 5.09 Å². The number of ketones is 1. The van der Waals surface area contributed by atoms with Crippen molar-refractivity contribution in [3.05, 3.63) is 33.4 Å². The van der Waals surface area contributed by atoms with Crippen LogP contribution in [0.1, 0.15) is 50.2 Å². The van der Waals surface area contributed by atoms with Crippen LogP contribution in [0, 0.1) is 27.4 Å². The summed E-state index contributed by atoms with van der Waals surface area (Å²) in [5, 5.41) is 29.8. The number of ether oxygens (including phenoxy) is 1. The van der Waals surface area contributed by atoms with Gasteiger partial charge < -0.3 is 19.8 Å². The fourth-order valence-corrected chi connectivity index (χ4v) is 4.75. The van der Waals surface area contributed by atoms with Gasteiger partial charge in [-0.25, -0.2) is 4.79 Å². The van der Waals surface area contributed by atoms with Crippen molar-refractivity contribution < 1.29 is 43.2 Å². The lowest BCUT2D eigenvalue weighted by Gasteiger charge is -2.59. The molecule has 3 aliphatic rings. The number of aromatic hydroxyl groups is 2. The summed E-state index contributed by atoms with van der Waals surface area (Å²) in [6.07, 6.45) is 0.537. The number of rotatable bonds is 8. The molecule has 9 nitrogen and oxygen atoms in total. The van der Waals surface area contributed by atoms with Gasteiger partial charge in [-0.2, -0.15) is 8.78 Å². The maximum Gasteiger partial charge on any atom is 0.381 e. The highest BCUT2D eigenvalue weighted by Crippen LogP contribution is 2.64. The Kier molecular flexibility index (Phi) is 5.81. The van der Waals surface area contributed by atoms with Gasteiger partial charge in [-0.3, -0.25) is 4.79 Å². The predicted octanol–water partition coefficient (Wildman–Crippen LogP) is 3.05. The average Bonchev–Trinajstić information content (AvgIpc) is 2.65. The Hall–Kier alpha value is -2.98. The number of hydrogen-bond donors (Lipinski definition) is 2. The number of fused-ring (bicyclic) bond motifs is 2. The first kappa shape index (κ1) is 22.7. The molecule has 3 fully saturated rings. The molecule has 2 bridgehead atoms. The van der Waals surface area contributed by atoms with Crippen molar-refractivity contribution in [2.24, 2.45) is 17.3 Å². The van der Waals surface area contributed by atoms with Gasteiger partial charge in [0.05, 0.1) is 13.2 Å². The molecule has 0 aromatic heterocycles. The van der Waals surface area contributed by atoms with E-state index < -0.39 is 53.2 Å². The van der Waals surface area contributed by atoms with Crippen LogP contribution in [0.15, 0.2) is 12.1 Å². The molecule has 0 spiro atoms. The van der Waals surface area contributed by atoms with E-state index in [1.165, 1.54) is 0 Å². The Balaban J connectivity index is 1.76. The van der Waals surface area contributed by atoms with Gasteiger partial charge in [-0.05, 0) is 29.9 Å². The van der Waals surface area contributed by atoms with Crippen LogP contribution in [-0.2, 0) is 25.1 Å². The SMILES string of the molecule is CC1(C)[C@@H]2C[C@H]1[C@H](c1c(O)cc(C(F)(F)C(=O)OCCCO[N+](=O)[O-])cc1O)CC2=O. The lowest BCUT2D eigenvalue weighted by atomic mass is 9.44. The molecular weight excluding hydrogens is 420 g/mol. The standard InChI is InChI=1S/C20H23F2NO8/c1-19(2)12-9-13(19)14(24)8-11(12)17-15(25)6-10(7-16(17)26)20(21,22)18(27)30-4-3-5-31-23(28)29/h6-7,11-13,25-26H,3-5,8-9H2,1-2H3/t11-,12+,13-/m1/s1. The van der Waals surface area contributed by atoms with Gasteiger partial charge in [0.15, 0.2) is 0 Å². The summed E-state index contributed by atoms with van der Waals surface area (Å²) < 4.78 is 33.4. The fourth-order valence-electron chi connectivity index (χ4n) is 4.75. The van der Waals surface area contributed by atoms with Gasteiger partial charge in [-0.15, -0.1) is 10.1 Å². The van der Waals surface area contributed by atoms with Gasteiger partial charge in [0.1, 0.15) is 17.3 Å². The number of Topliss-reactive ketones (excluding diaryl/α,β-unsaturated/α-hetero) is 1. The summed E-state index contributed by atoms with van der Waals surface area (Å²) in [5.74, 6) is -7.94. The Morgan fingerprint density at radius 3 is 2.42 bits per heavy atom. The number of alkyl halides is 2. The molecule has 4 rings (SSSR count). The molecule has 1 aromatic carbocycles. The van der Waals surface area contributed by atoms with Crippen molar-refractivity contribution in [2.45, 2.75) is 45.0 Å². The summed E-state index contributed by atoms with van der Waals surface area (Å²) >= 11 is 0. The average molecular weight is 443 g/mol. The van der Waals surface area contributed by atoms with Crippen molar-refractivity contribution in [3.63, 3.8) is 0 Å². The Bertz CT molecular complexity index is 893. The molecular formula is C20H23F2NO8. The number of nitrogens with zero attached hydrogens (tertiary/aromatic N) is 1. The fraction of sp³-hybridized carbons (Fsp3) is 0.600. The minimum atomic E-state index is -4.18. The van der Waals surface area contributed by atoms with E-state index >= 15 is 0 Å². The van der Waals surface area contributed by atoms with Gasteiger partial charge >= 0.3 is 11.9 Å². The molecule has 0 unspecified atom stereocenters. The zero-order valence-corrected chi connectivity index (χ0v) is 17.0. The summed E-state index contributed by atoms with van der Waals surface area (Å²) in [7, 11) is 0. The molecule has 0 amide bonds. The number of phenolic OH excluding ortho intramolecular Hbond substituents is 2. The monoisotopic (exact) mass is 443 g/mol. The molecule has 0 aliphatic heterocycles. The van der Waals surface area contributed by atoms with E-state index in [9.17, 15) is 38.7 Å². The molecule has 11 heteroatoms.